The maximum atomic E-state index is 11.9. The van der Waals surface area contributed by atoms with Crippen molar-refractivity contribution < 1.29 is 4.79 Å². The van der Waals surface area contributed by atoms with Gasteiger partial charge >= 0.3 is 0 Å². The predicted octanol–water partition coefficient (Wildman–Crippen LogP) is 3.28. The molecule has 2 N–H and O–H groups in total. The summed E-state index contributed by atoms with van der Waals surface area (Å²) < 4.78 is 0. The van der Waals surface area contributed by atoms with Crippen molar-refractivity contribution in [3.05, 3.63) is 59.9 Å². The number of rotatable bonds is 5. The first-order chi connectivity index (χ1) is 10.7. The van der Waals surface area contributed by atoms with E-state index in [2.05, 4.69) is 34.3 Å². The Morgan fingerprint density at radius 3 is 2.73 bits per heavy atom. The maximum Gasteiger partial charge on any atom is 0.230 e. The highest BCUT2D eigenvalue weighted by Crippen LogP contribution is 2.17. The molecular weight excluding hydrogens is 294 g/mol. The van der Waals surface area contributed by atoms with E-state index in [1.807, 2.05) is 36.4 Å². The van der Waals surface area contributed by atoms with Crippen LogP contribution in [0, 0.1) is 6.92 Å². The smallest absolute Gasteiger partial charge is 0.230 e. The highest BCUT2D eigenvalue weighted by atomic mass is 32.2. The number of nitrogens with zero attached hydrogens (tertiary/aromatic N) is 1. The number of aryl methyl sites for hydroxylation is 1. The zero-order valence-corrected chi connectivity index (χ0v) is 13.1. The van der Waals surface area contributed by atoms with Crippen LogP contribution < -0.4 is 5.32 Å². The van der Waals surface area contributed by atoms with Gasteiger partial charge in [-0.2, -0.15) is 0 Å². The molecule has 0 radical (unpaired) electrons. The van der Waals surface area contributed by atoms with E-state index in [-0.39, 0.29) is 5.91 Å². The second-order valence-corrected chi connectivity index (χ2v) is 6.13. The van der Waals surface area contributed by atoms with E-state index in [4.69, 9.17) is 0 Å². The van der Waals surface area contributed by atoms with Gasteiger partial charge in [0.15, 0.2) is 0 Å². The fourth-order valence-corrected chi connectivity index (χ4v) is 2.83. The molecule has 0 saturated carbocycles. The van der Waals surface area contributed by atoms with Gasteiger partial charge in [0, 0.05) is 4.90 Å². The minimum absolute atomic E-state index is 0.00558. The number of aromatic nitrogens is 2. The molecule has 0 saturated heterocycles. The number of carbonyl (C=O) groups excluding carboxylic acids is 1. The van der Waals surface area contributed by atoms with Crippen LogP contribution in [0.2, 0.25) is 0 Å². The van der Waals surface area contributed by atoms with Crippen molar-refractivity contribution in [3.63, 3.8) is 0 Å². The first-order valence-corrected chi connectivity index (χ1v) is 8.09. The highest BCUT2D eigenvalue weighted by Gasteiger charge is 2.05. The largest absolute Gasteiger partial charge is 0.348 e. The van der Waals surface area contributed by atoms with Crippen molar-refractivity contribution in [2.75, 3.05) is 5.75 Å². The molecule has 0 fully saturated rings. The van der Waals surface area contributed by atoms with E-state index in [0.29, 0.717) is 12.3 Å². The monoisotopic (exact) mass is 311 g/mol. The van der Waals surface area contributed by atoms with Crippen molar-refractivity contribution in [1.82, 2.24) is 15.3 Å². The van der Waals surface area contributed by atoms with Gasteiger partial charge in [-0.15, -0.1) is 11.8 Å². The summed E-state index contributed by atoms with van der Waals surface area (Å²) in [5.41, 5.74) is 3.13. The molecule has 1 amide bonds. The number of nitrogens with one attached hydrogen (secondary N) is 2. The summed E-state index contributed by atoms with van der Waals surface area (Å²) >= 11 is 1.53. The maximum absolute atomic E-state index is 11.9. The third-order valence-corrected chi connectivity index (χ3v) is 4.29. The average Bonchev–Trinajstić information content (AvgIpc) is 2.95. The number of amides is 1. The first kappa shape index (κ1) is 14.7. The number of imidazole rings is 1. The van der Waals surface area contributed by atoms with E-state index in [1.54, 1.807) is 0 Å². The third-order valence-electron chi connectivity index (χ3n) is 3.28. The first-order valence-electron chi connectivity index (χ1n) is 7.10. The Hall–Kier alpha value is -2.27. The molecule has 3 aromatic rings. The van der Waals surface area contributed by atoms with Gasteiger partial charge < -0.3 is 10.3 Å². The number of hydrogen-bond donors (Lipinski definition) is 2. The molecule has 0 spiro atoms. The SMILES string of the molecule is Cc1ccc(SCC(=O)NCc2nc3ccccc3[nH]2)cc1. The number of aromatic amines is 1. The van der Waals surface area contributed by atoms with Crippen LogP contribution in [-0.4, -0.2) is 21.6 Å². The molecule has 2 aromatic carbocycles. The number of thioether (sulfide) groups is 1. The van der Waals surface area contributed by atoms with Crippen LogP contribution in [0.3, 0.4) is 0 Å². The van der Waals surface area contributed by atoms with E-state index >= 15 is 0 Å². The van der Waals surface area contributed by atoms with Crippen LogP contribution in [0.5, 0.6) is 0 Å². The second-order valence-electron chi connectivity index (χ2n) is 5.08. The fourth-order valence-electron chi connectivity index (χ4n) is 2.11. The van der Waals surface area contributed by atoms with Crippen LogP contribution in [0.4, 0.5) is 0 Å². The molecule has 0 unspecified atom stereocenters. The topological polar surface area (TPSA) is 57.8 Å². The van der Waals surface area contributed by atoms with Crippen molar-refractivity contribution in [3.8, 4) is 0 Å². The lowest BCUT2D eigenvalue weighted by atomic mass is 10.2. The zero-order chi connectivity index (χ0) is 15.4. The molecule has 112 valence electrons. The van der Waals surface area contributed by atoms with Crippen molar-refractivity contribution >= 4 is 28.7 Å². The molecule has 0 aliphatic rings. The molecule has 1 heterocycles. The molecule has 0 aliphatic heterocycles. The number of carbonyl (C=O) groups is 1. The van der Waals surface area contributed by atoms with Crippen molar-refractivity contribution in [1.29, 1.82) is 0 Å². The normalized spacial score (nSPS) is 10.8. The number of hydrogen-bond acceptors (Lipinski definition) is 3. The Morgan fingerprint density at radius 1 is 1.18 bits per heavy atom. The molecule has 1 aromatic heterocycles. The number of benzene rings is 2. The van der Waals surface area contributed by atoms with Gasteiger partial charge in [0.25, 0.3) is 0 Å². The van der Waals surface area contributed by atoms with Crippen LogP contribution >= 0.6 is 11.8 Å². The summed E-state index contributed by atoms with van der Waals surface area (Å²) in [4.78, 5) is 20.6. The Bertz CT molecular complexity index is 747. The molecule has 4 nitrogen and oxygen atoms in total. The number of para-hydroxylation sites is 2. The molecule has 0 bridgehead atoms. The standard InChI is InChI=1S/C17H17N3OS/c1-12-6-8-13(9-7-12)22-11-17(21)18-10-16-19-14-4-2-3-5-15(14)20-16/h2-9H,10-11H2,1H3,(H,18,21)(H,19,20). The predicted molar refractivity (Wildman–Crippen MR) is 89.8 cm³/mol. The summed E-state index contributed by atoms with van der Waals surface area (Å²) in [6.07, 6.45) is 0. The molecular formula is C17H17N3OS. The third kappa shape index (κ3) is 3.68. The summed E-state index contributed by atoms with van der Waals surface area (Å²) in [5.74, 6) is 1.18. The Labute approximate surface area is 133 Å². The van der Waals surface area contributed by atoms with Gasteiger partial charge in [-0.25, -0.2) is 4.98 Å². The van der Waals surface area contributed by atoms with Gasteiger partial charge in [-0.05, 0) is 31.2 Å². The molecule has 22 heavy (non-hydrogen) atoms. The minimum atomic E-state index is 0.00558. The number of fused-ring (bicyclic) bond motifs is 1. The van der Waals surface area contributed by atoms with Crippen molar-refractivity contribution in [2.45, 2.75) is 18.4 Å². The minimum Gasteiger partial charge on any atom is -0.348 e. The van der Waals surface area contributed by atoms with Gasteiger partial charge in [0.05, 0.1) is 23.3 Å². The summed E-state index contributed by atoms with van der Waals surface area (Å²) in [7, 11) is 0. The molecule has 0 aliphatic carbocycles. The van der Waals surface area contributed by atoms with Crippen molar-refractivity contribution in [2.24, 2.45) is 0 Å². The van der Waals surface area contributed by atoms with Gasteiger partial charge in [0.2, 0.25) is 5.91 Å². The van der Waals surface area contributed by atoms with Crippen LogP contribution in [-0.2, 0) is 11.3 Å². The van der Waals surface area contributed by atoms with E-state index in [0.717, 1.165) is 21.8 Å². The lowest BCUT2D eigenvalue weighted by molar-refractivity contribution is -0.118. The quantitative estimate of drug-likeness (QED) is 0.711. The summed E-state index contributed by atoms with van der Waals surface area (Å²) in [6, 6.07) is 16.0. The molecule has 5 heteroatoms. The lowest BCUT2D eigenvalue weighted by Gasteiger charge is -2.04. The van der Waals surface area contributed by atoms with Gasteiger partial charge in [-0.3, -0.25) is 4.79 Å². The van der Waals surface area contributed by atoms with E-state index in [9.17, 15) is 4.79 Å². The second kappa shape index (κ2) is 6.66. The average molecular weight is 311 g/mol. The summed E-state index contributed by atoms with van der Waals surface area (Å²) in [5, 5.41) is 2.89. The van der Waals surface area contributed by atoms with E-state index < -0.39 is 0 Å². The fraction of sp³-hybridized carbons (Fsp3) is 0.176. The Morgan fingerprint density at radius 2 is 1.95 bits per heavy atom. The van der Waals surface area contributed by atoms with Crippen LogP contribution in [0.15, 0.2) is 53.4 Å². The van der Waals surface area contributed by atoms with Crippen LogP contribution in [0.25, 0.3) is 11.0 Å². The Balaban J connectivity index is 1.50. The van der Waals surface area contributed by atoms with E-state index in [1.165, 1.54) is 17.3 Å². The lowest BCUT2D eigenvalue weighted by Crippen LogP contribution is -2.25. The number of H-pyrrole nitrogens is 1. The van der Waals surface area contributed by atoms with Gasteiger partial charge in [-0.1, -0.05) is 29.8 Å². The molecule has 3 rings (SSSR count). The highest BCUT2D eigenvalue weighted by molar-refractivity contribution is 8.00. The zero-order valence-electron chi connectivity index (χ0n) is 12.3. The Kier molecular flexibility index (Phi) is 4.44. The summed E-state index contributed by atoms with van der Waals surface area (Å²) in [6.45, 7) is 2.47. The molecule has 0 atom stereocenters. The van der Waals surface area contributed by atoms with Crippen LogP contribution in [0.1, 0.15) is 11.4 Å². The van der Waals surface area contributed by atoms with Gasteiger partial charge in [0.1, 0.15) is 5.82 Å².